The predicted molar refractivity (Wildman–Crippen MR) is 133 cm³/mol. The van der Waals surface area contributed by atoms with Crippen LogP contribution in [0.1, 0.15) is 37.7 Å². The number of halogens is 3. The van der Waals surface area contributed by atoms with Crippen molar-refractivity contribution in [2.24, 2.45) is 11.7 Å². The van der Waals surface area contributed by atoms with Gasteiger partial charge in [0, 0.05) is 43.7 Å². The summed E-state index contributed by atoms with van der Waals surface area (Å²) in [5.41, 5.74) is 6.31. The number of hydrogen-bond acceptors (Lipinski definition) is 7. The highest BCUT2D eigenvalue weighted by molar-refractivity contribution is 7.92. The molecular weight excluding hydrogens is 547 g/mol. The number of nitrogens with two attached hydrogens (primary N) is 1. The van der Waals surface area contributed by atoms with Crippen molar-refractivity contribution < 1.29 is 39.6 Å². The molecule has 212 valence electrons. The summed E-state index contributed by atoms with van der Waals surface area (Å²) in [7, 11) is -7.09. The minimum absolute atomic E-state index is 0.00631. The zero-order valence-electron chi connectivity index (χ0n) is 20.8. The third kappa shape index (κ3) is 6.68. The van der Waals surface area contributed by atoms with Gasteiger partial charge in [-0.05, 0) is 49.7 Å². The second kappa shape index (κ2) is 11.1. The molecule has 14 heteroatoms. The average Bonchev–Trinajstić information content (AvgIpc) is 3.09. The zero-order chi connectivity index (χ0) is 27.8. The summed E-state index contributed by atoms with van der Waals surface area (Å²) in [5, 5.41) is 0. The standard InChI is InChI=1S/C24H32F3N3O6S2/c25-19-13-21(27)20(26)11-15(19)12-22(28)16-9-17-1-2-18(10-16)30(17)23(31)3-6-38(35,36)14-24(32)29-4-7-37(33,34)8-5-29/h11,13,16-18,22H,1-10,12,14,28H2/t16-,17-,18+,22-/m1/s1. The van der Waals surface area contributed by atoms with Crippen LogP contribution in [0.4, 0.5) is 13.2 Å². The van der Waals surface area contributed by atoms with Crippen LogP contribution in [0, 0.1) is 23.4 Å². The summed E-state index contributed by atoms with van der Waals surface area (Å²) < 4.78 is 89.0. The maximum atomic E-state index is 14.1. The molecule has 0 aromatic heterocycles. The van der Waals surface area contributed by atoms with Crippen molar-refractivity contribution >= 4 is 31.5 Å². The van der Waals surface area contributed by atoms with Crippen molar-refractivity contribution in [1.82, 2.24) is 9.80 Å². The van der Waals surface area contributed by atoms with Crippen molar-refractivity contribution in [1.29, 1.82) is 0 Å². The van der Waals surface area contributed by atoms with Gasteiger partial charge in [-0.3, -0.25) is 9.59 Å². The summed E-state index contributed by atoms with van der Waals surface area (Å²) >= 11 is 0. The molecule has 3 saturated heterocycles. The van der Waals surface area contributed by atoms with Gasteiger partial charge < -0.3 is 15.5 Å². The van der Waals surface area contributed by atoms with E-state index in [4.69, 9.17) is 5.73 Å². The molecule has 0 spiro atoms. The topological polar surface area (TPSA) is 135 Å². The highest BCUT2D eigenvalue weighted by Crippen LogP contribution is 2.40. The molecule has 0 aliphatic carbocycles. The molecular formula is C24H32F3N3O6S2. The molecule has 0 radical (unpaired) electrons. The Bertz CT molecular complexity index is 1280. The van der Waals surface area contributed by atoms with Crippen LogP contribution in [0.3, 0.4) is 0 Å². The molecule has 38 heavy (non-hydrogen) atoms. The van der Waals surface area contributed by atoms with E-state index in [0.29, 0.717) is 18.9 Å². The Morgan fingerprint density at radius 3 is 2.16 bits per heavy atom. The lowest BCUT2D eigenvalue weighted by molar-refractivity contribution is -0.136. The van der Waals surface area contributed by atoms with Crippen LogP contribution in [-0.4, -0.2) is 92.7 Å². The summed E-state index contributed by atoms with van der Waals surface area (Å²) in [4.78, 5) is 28.3. The van der Waals surface area contributed by atoms with Crippen LogP contribution in [0.15, 0.2) is 12.1 Å². The van der Waals surface area contributed by atoms with Gasteiger partial charge in [0.15, 0.2) is 31.3 Å². The fourth-order valence-corrected chi connectivity index (χ4v) is 8.19. The third-order valence-corrected chi connectivity index (χ3v) is 11.0. The molecule has 4 atom stereocenters. The molecule has 1 aromatic carbocycles. The number of sulfone groups is 2. The van der Waals surface area contributed by atoms with Gasteiger partial charge in [-0.25, -0.2) is 30.0 Å². The minimum atomic E-state index is -3.88. The molecule has 3 aliphatic rings. The number of benzene rings is 1. The molecule has 9 nitrogen and oxygen atoms in total. The number of carbonyl (C=O) groups is 2. The Hall–Kier alpha value is -2.19. The van der Waals surface area contributed by atoms with Crippen molar-refractivity contribution in [3.63, 3.8) is 0 Å². The van der Waals surface area contributed by atoms with Crippen LogP contribution in [0.2, 0.25) is 0 Å². The van der Waals surface area contributed by atoms with Gasteiger partial charge in [-0.2, -0.15) is 0 Å². The van der Waals surface area contributed by atoms with Crippen molar-refractivity contribution in [3.8, 4) is 0 Å². The summed E-state index contributed by atoms with van der Waals surface area (Å²) in [6, 6.07) is 0.501. The molecule has 4 rings (SSSR count). The van der Waals surface area contributed by atoms with Gasteiger partial charge in [0.2, 0.25) is 11.8 Å². The summed E-state index contributed by atoms with van der Waals surface area (Å²) in [6.45, 7) is -0.0857. The fraction of sp³-hybridized carbons (Fsp3) is 0.667. The number of fused-ring (bicyclic) bond motifs is 2. The third-order valence-electron chi connectivity index (χ3n) is 7.88. The molecule has 3 aliphatic heterocycles. The molecule has 3 heterocycles. The normalized spacial score (nSPS) is 25.8. The van der Waals surface area contributed by atoms with E-state index >= 15 is 0 Å². The van der Waals surface area contributed by atoms with Crippen molar-refractivity contribution in [2.75, 3.05) is 36.1 Å². The largest absolute Gasteiger partial charge is 0.340 e. The molecule has 3 fully saturated rings. The van der Waals surface area contributed by atoms with E-state index in [0.717, 1.165) is 18.9 Å². The quantitative estimate of drug-likeness (QED) is 0.451. The second-order valence-electron chi connectivity index (χ2n) is 10.5. The highest BCUT2D eigenvalue weighted by atomic mass is 32.2. The number of rotatable bonds is 8. The van der Waals surface area contributed by atoms with E-state index < -0.39 is 60.6 Å². The molecule has 0 unspecified atom stereocenters. The zero-order valence-corrected chi connectivity index (χ0v) is 22.5. The maximum absolute atomic E-state index is 14.1. The van der Waals surface area contributed by atoms with Gasteiger partial charge in [0.1, 0.15) is 11.6 Å². The Morgan fingerprint density at radius 2 is 1.55 bits per heavy atom. The SMILES string of the molecule is N[C@H](Cc1cc(F)c(F)cc1F)[C@@H]1C[C@H]2CC[C@@H](C1)N2C(=O)CCS(=O)(=O)CC(=O)N1CCS(=O)(=O)CC1. The van der Waals surface area contributed by atoms with Gasteiger partial charge in [-0.1, -0.05) is 0 Å². The molecule has 2 amide bonds. The minimum Gasteiger partial charge on any atom is -0.340 e. The van der Waals surface area contributed by atoms with Gasteiger partial charge in [0.05, 0.1) is 17.3 Å². The van der Waals surface area contributed by atoms with Crippen LogP contribution in [0.5, 0.6) is 0 Å². The first-order valence-corrected chi connectivity index (χ1v) is 16.3. The summed E-state index contributed by atoms with van der Waals surface area (Å²) in [6.07, 6.45) is 2.28. The average molecular weight is 580 g/mol. The fourth-order valence-electron chi connectivity index (χ4n) is 5.80. The molecule has 1 aromatic rings. The lowest BCUT2D eigenvalue weighted by atomic mass is 9.82. The van der Waals surface area contributed by atoms with E-state index in [2.05, 4.69) is 0 Å². The van der Waals surface area contributed by atoms with Gasteiger partial charge >= 0.3 is 0 Å². The Labute approximate surface area is 220 Å². The lowest BCUT2D eigenvalue weighted by Gasteiger charge is -2.41. The van der Waals surface area contributed by atoms with E-state index in [9.17, 15) is 39.6 Å². The van der Waals surface area contributed by atoms with E-state index in [1.54, 1.807) is 4.90 Å². The first-order chi connectivity index (χ1) is 17.7. The molecule has 2 N–H and O–H groups in total. The number of nitrogens with zero attached hydrogens (tertiary/aromatic N) is 2. The van der Waals surface area contributed by atoms with Crippen LogP contribution in [-0.2, 0) is 35.7 Å². The monoisotopic (exact) mass is 579 g/mol. The molecule has 0 saturated carbocycles. The van der Waals surface area contributed by atoms with Crippen LogP contribution < -0.4 is 5.73 Å². The molecule has 2 bridgehead atoms. The number of amides is 2. The first kappa shape index (κ1) is 28.8. The van der Waals surface area contributed by atoms with E-state index in [1.807, 2.05) is 0 Å². The Morgan fingerprint density at radius 1 is 0.974 bits per heavy atom. The number of carbonyl (C=O) groups excluding carboxylic acids is 2. The second-order valence-corrected chi connectivity index (χ2v) is 15.0. The maximum Gasteiger partial charge on any atom is 0.237 e. The summed E-state index contributed by atoms with van der Waals surface area (Å²) in [5.74, 6) is -5.99. The van der Waals surface area contributed by atoms with Crippen molar-refractivity contribution in [2.45, 2.75) is 56.7 Å². The van der Waals surface area contributed by atoms with Crippen molar-refractivity contribution in [3.05, 3.63) is 35.1 Å². The Kier molecular flexibility index (Phi) is 8.43. The highest BCUT2D eigenvalue weighted by Gasteiger charge is 2.44. The van der Waals surface area contributed by atoms with Gasteiger partial charge in [-0.15, -0.1) is 0 Å². The van der Waals surface area contributed by atoms with Gasteiger partial charge in [0.25, 0.3) is 0 Å². The number of hydrogen-bond donors (Lipinski definition) is 1. The van der Waals surface area contributed by atoms with Crippen LogP contribution >= 0.6 is 0 Å². The smallest absolute Gasteiger partial charge is 0.237 e. The lowest BCUT2D eigenvalue weighted by Crippen LogP contribution is -2.50. The van der Waals surface area contributed by atoms with E-state index in [-0.39, 0.29) is 66.9 Å². The Balaban J connectivity index is 1.29. The van der Waals surface area contributed by atoms with Crippen LogP contribution in [0.25, 0.3) is 0 Å². The number of piperidine rings is 1. The van der Waals surface area contributed by atoms with E-state index in [1.165, 1.54) is 4.90 Å². The predicted octanol–water partition coefficient (Wildman–Crippen LogP) is 0.805. The first-order valence-electron chi connectivity index (χ1n) is 12.6.